The Morgan fingerprint density at radius 2 is 2.18 bits per heavy atom. The lowest BCUT2D eigenvalue weighted by Crippen LogP contribution is -2.29. The van der Waals surface area contributed by atoms with E-state index in [2.05, 4.69) is 4.72 Å². The average Bonchev–Trinajstić information content (AvgIpc) is 1.83. The molecule has 0 amide bonds. The van der Waals surface area contributed by atoms with Gasteiger partial charge >= 0.3 is 0 Å². The monoisotopic (exact) mass is 201 g/mol. The number of halogens is 1. The Morgan fingerprint density at radius 3 is 2.55 bits per heavy atom. The molecule has 0 saturated heterocycles. The highest BCUT2D eigenvalue weighted by atomic mass is 35.7. The van der Waals surface area contributed by atoms with Crippen LogP contribution < -0.4 is 4.72 Å². The van der Waals surface area contributed by atoms with Crippen molar-refractivity contribution in [2.45, 2.75) is 20.0 Å². The van der Waals surface area contributed by atoms with Crippen LogP contribution in [0.4, 0.5) is 0 Å². The zero-order chi connectivity index (χ0) is 8.91. The van der Waals surface area contributed by atoms with E-state index >= 15 is 0 Å². The second-order valence-corrected chi connectivity index (χ2v) is 4.44. The maximum absolute atomic E-state index is 10.3. The molecule has 0 saturated carbocycles. The third-order valence-corrected chi connectivity index (χ3v) is 1.83. The molecule has 1 atom stereocenters. The minimum Gasteiger partial charge on any atom is -0.377 e. The Hall–Kier alpha value is 0.160. The van der Waals surface area contributed by atoms with Crippen molar-refractivity contribution >= 4 is 19.9 Å². The molecule has 0 aromatic carbocycles. The molecule has 0 aromatic rings. The van der Waals surface area contributed by atoms with Crippen LogP contribution in [0, 0.1) is 0 Å². The second kappa shape index (κ2) is 4.92. The van der Waals surface area contributed by atoms with Crippen molar-refractivity contribution in [1.82, 2.24) is 4.72 Å². The first-order valence-electron chi connectivity index (χ1n) is 3.26. The summed E-state index contributed by atoms with van der Waals surface area (Å²) in [7, 11) is 1.29. The summed E-state index contributed by atoms with van der Waals surface area (Å²) in [5.74, 6) is 0. The van der Waals surface area contributed by atoms with Crippen molar-refractivity contribution in [2.24, 2.45) is 0 Å². The van der Waals surface area contributed by atoms with Gasteiger partial charge in [0.25, 0.3) is 9.24 Å². The molecule has 0 fully saturated rings. The van der Waals surface area contributed by atoms with Gasteiger partial charge in [0.15, 0.2) is 0 Å². The van der Waals surface area contributed by atoms with Gasteiger partial charge in [-0.05, 0) is 13.8 Å². The van der Waals surface area contributed by atoms with E-state index < -0.39 is 9.24 Å². The van der Waals surface area contributed by atoms with E-state index in [1.807, 2.05) is 6.92 Å². The molecule has 0 aliphatic heterocycles. The Morgan fingerprint density at radius 1 is 1.64 bits per heavy atom. The van der Waals surface area contributed by atoms with E-state index in [1.165, 1.54) is 0 Å². The number of nitrogens with one attached hydrogen (secondary N) is 1. The van der Waals surface area contributed by atoms with Crippen LogP contribution in [0.1, 0.15) is 13.8 Å². The quantitative estimate of drug-likeness (QED) is 0.659. The van der Waals surface area contributed by atoms with Crippen molar-refractivity contribution in [3.05, 3.63) is 0 Å². The average molecular weight is 202 g/mol. The first-order chi connectivity index (χ1) is 4.95. The lowest BCUT2D eigenvalue weighted by molar-refractivity contribution is 0.0800. The minimum absolute atomic E-state index is 0.145. The summed E-state index contributed by atoms with van der Waals surface area (Å²) < 4.78 is 27.8. The normalized spacial score (nSPS) is 14.8. The largest absolute Gasteiger partial charge is 0.377 e. The Labute approximate surface area is 71.4 Å². The molecule has 0 heterocycles. The van der Waals surface area contributed by atoms with Crippen molar-refractivity contribution in [1.29, 1.82) is 0 Å². The van der Waals surface area contributed by atoms with Gasteiger partial charge in [-0.2, -0.15) is 13.1 Å². The zero-order valence-corrected chi connectivity index (χ0v) is 8.07. The molecule has 11 heavy (non-hydrogen) atoms. The van der Waals surface area contributed by atoms with Gasteiger partial charge in [0, 0.05) is 23.8 Å². The molecule has 6 heteroatoms. The summed E-state index contributed by atoms with van der Waals surface area (Å²) in [6.07, 6.45) is -0.145. The second-order valence-electron chi connectivity index (χ2n) is 2.05. The third kappa shape index (κ3) is 8.06. The maximum atomic E-state index is 10.3. The topological polar surface area (TPSA) is 55.4 Å². The Kier molecular flexibility index (Phi) is 4.99. The van der Waals surface area contributed by atoms with Gasteiger partial charge in [-0.3, -0.25) is 0 Å². The van der Waals surface area contributed by atoms with Crippen LogP contribution in [0.3, 0.4) is 0 Å². The van der Waals surface area contributed by atoms with Crippen LogP contribution in [0.2, 0.25) is 0 Å². The molecule has 0 spiro atoms. The van der Waals surface area contributed by atoms with E-state index in [4.69, 9.17) is 15.4 Å². The fraction of sp³-hybridized carbons (Fsp3) is 1.00. The molecule has 1 N–H and O–H groups in total. The van der Waals surface area contributed by atoms with Gasteiger partial charge in [-0.1, -0.05) is 0 Å². The van der Waals surface area contributed by atoms with Gasteiger partial charge in [-0.25, -0.2) is 0 Å². The van der Waals surface area contributed by atoms with E-state index in [1.54, 1.807) is 6.92 Å². The molecule has 0 aliphatic carbocycles. The molecule has 0 aliphatic rings. The summed E-state index contributed by atoms with van der Waals surface area (Å²) in [6.45, 7) is 4.37. The summed E-state index contributed by atoms with van der Waals surface area (Å²) in [6, 6.07) is 0. The molecular weight excluding hydrogens is 190 g/mol. The van der Waals surface area contributed by atoms with Crippen LogP contribution in [0.25, 0.3) is 0 Å². The van der Waals surface area contributed by atoms with Crippen LogP contribution >= 0.6 is 10.7 Å². The number of hydrogen-bond donors (Lipinski definition) is 1. The fourth-order valence-corrected chi connectivity index (χ4v) is 1.18. The molecule has 0 rings (SSSR count). The lowest BCUT2D eigenvalue weighted by atomic mass is 10.4. The van der Waals surface area contributed by atoms with E-state index in [-0.39, 0.29) is 12.6 Å². The fourth-order valence-electron chi connectivity index (χ4n) is 0.560. The molecule has 0 bridgehead atoms. The zero-order valence-electron chi connectivity index (χ0n) is 6.50. The van der Waals surface area contributed by atoms with Gasteiger partial charge in [0.2, 0.25) is 0 Å². The predicted molar refractivity (Wildman–Crippen MR) is 43.9 cm³/mol. The summed E-state index contributed by atoms with van der Waals surface area (Å²) in [5.41, 5.74) is 0. The minimum atomic E-state index is -3.60. The third-order valence-electron chi connectivity index (χ3n) is 0.994. The van der Waals surface area contributed by atoms with Gasteiger partial charge in [0.1, 0.15) is 0 Å². The molecular formula is C5H12ClNO3S. The van der Waals surface area contributed by atoms with Crippen LogP contribution in [0.5, 0.6) is 0 Å². The lowest BCUT2D eigenvalue weighted by Gasteiger charge is -2.09. The van der Waals surface area contributed by atoms with Crippen LogP contribution in [-0.2, 0) is 14.0 Å². The van der Waals surface area contributed by atoms with Gasteiger partial charge in [0.05, 0.1) is 6.10 Å². The highest BCUT2D eigenvalue weighted by molar-refractivity contribution is 8.12. The molecule has 68 valence electrons. The van der Waals surface area contributed by atoms with Crippen molar-refractivity contribution < 1.29 is 13.2 Å². The van der Waals surface area contributed by atoms with E-state index in [0.29, 0.717) is 6.61 Å². The van der Waals surface area contributed by atoms with Crippen molar-refractivity contribution in [3.8, 4) is 0 Å². The predicted octanol–water partition coefficient (Wildman–Crippen LogP) is 0.485. The highest BCUT2D eigenvalue weighted by Gasteiger charge is 2.06. The summed E-state index contributed by atoms with van der Waals surface area (Å²) in [5, 5.41) is 0. The maximum Gasteiger partial charge on any atom is 0.297 e. The number of hydrogen-bond acceptors (Lipinski definition) is 3. The van der Waals surface area contributed by atoms with Gasteiger partial charge < -0.3 is 4.74 Å². The molecule has 4 nitrogen and oxygen atoms in total. The van der Waals surface area contributed by atoms with Crippen molar-refractivity contribution in [2.75, 3.05) is 13.2 Å². The van der Waals surface area contributed by atoms with Crippen LogP contribution in [-0.4, -0.2) is 27.7 Å². The van der Waals surface area contributed by atoms with E-state index in [0.717, 1.165) is 0 Å². The molecule has 1 unspecified atom stereocenters. The Balaban J connectivity index is 3.54. The smallest absolute Gasteiger partial charge is 0.297 e. The summed E-state index contributed by atoms with van der Waals surface area (Å²) >= 11 is 0. The molecule has 0 aromatic heterocycles. The van der Waals surface area contributed by atoms with Crippen LogP contribution in [0.15, 0.2) is 0 Å². The van der Waals surface area contributed by atoms with E-state index in [9.17, 15) is 8.42 Å². The number of rotatable bonds is 5. The highest BCUT2D eigenvalue weighted by Crippen LogP contribution is 1.92. The first kappa shape index (κ1) is 11.2. The Bertz CT molecular complexity index is 192. The standard InChI is InChI=1S/C5H12ClNO3S/c1-3-10-5(2)4-7-11(6,8)9/h5,7H,3-4H2,1-2H3. The number of ether oxygens (including phenoxy) is 1. The summed E-state index contributed by atoms with van der Waals surface area (Å²) in [4.78, 5) is 0. The molecule has 0 radical (unpaired) electrons. The first-order valence-corrected chi connectivity index (χ1v) is 5.57. The SMILES string of the molecule is CCOC(C)CNS(=O)(=O)Cl. The van der Waals surface area contributed by atoms with Crippen molar-refractivity contribution in [3.63, 3.8) is 0 Å². The van der Waals surface area contributed by atoms with Gasteiger partial charge in [-0.15, -0.1) is 0 Å².